The van der Waals surface area contributed by atoms with Crippen molar-refractivity contribution in [1.29, 1.82) is 5.26 Å². The Morgan fingerprint density at radius 3 is 2.50 bits per heavy atom. The number of hydrogen-bond acceptors (Lipinski definition) is 7. The maximum atomic E-state index is 12.8. The van der Waals surface area contributed by atoms with Crippen molar-refractivity contribution < 1.29 is 4.79 Å². The van der Waals surface area contributed by atoms with Crippen LogP contribution in [0, 0.1) is 11.3 Å². The third kappa shape index (κ3) is 3.40. The number of nitrogens with zero attached hydrogens (tertiary/aromatic N) is 8. The van der Waals surface area contributed by atoms with Gasteiger partial charge in [0.05, 0.1) is 12.6 Å². The molecule has 1 aromatic carbocycles. The Hall–Kier alpha value is -3.80. The first-order valence-corrected chi connectivity index (χ1v) is 8.89. The fourth-order valence-electron chi connectivity index (χ4n) is 3.20. The maximum Gasteiger partial charge on any atom is 0.253 e. The molecule has 1 saturated heterocycles. The van der Waals surface area contributed by atoms with Gasteiger partial charge in [-0.3, -0.25) is 4.79 Å². The predicted octanol–water partition coefficient (Wildman–Crippen LogP) is 1.11. The molecule has 1 aliphatic heterocycles. The van der Waals surface area contributed by atoms with Gasteiger partial charge in [0.2, 0.25) is 5.82 Å². The van der Waals surface area contributed by atoms with E-state index in [1.165, 1.54) is 4.80 Å². The number of carbonyl (C=O) groups is 1. The zero-order chi connectivity index (χ0) is 19.5. The van der Waals surface area contributed by atoms with E-state index in [1.54, 1.807) is 37.5 Å². The summed E-state index contributed by atoms with van der Waals surface area (Å²) >= 11 is 0. The fourth-order valence-corrected chi connectivity index (χ4v) is 3.20. The van der Waals surface area contributed by atoms with Crippen LogP contribution in [0.3, 0.4) is 0 Å². The summed E-state index contributed by atoms with van der Waals surface area (Å²) in [6.07, 6.45) is 1.68. The summed E-state index contributed by atoms with van der Waals surface area (Å²) in [4.78, 5) is 22.4. The molecule has 140 valence electrons. The zero-order valence-corrected chi connectivity index (χ0v) is 15.4. The molecule has 9 nitrogen and oxygen atoms in total. The molecule has 1 aliphatic rings. The Labute approximate surface area is 161 Å². The molecule has 28 heavy (non-hydrogen) atoms. The number of carbonyl (C=O) groups excluding carboxylic acids is 1. The minimum Gasteiger partial charge on any atom is -0.352 e. The highest BCUT2D eigenvalue weighted by molar-refractivity contribution is 5.94. The first-order chi connectivity index (χ1) is 13.7. The van der Waals surface area contributed by atoms with E-state index in [0.29, 0.717) is 48.9 Å². The van der Waals surface area contributed by atoms with E-state index in [9.17, 15) is 10.1 Å². The number of aryl methyl sites for hydroxylation is 1. The van der Waals surface area contributed by atoms with E-state index in [1.807, 2.05) is 21.9 Å². The number of anilines is 1. The summed E-state index contributed by atoms with van der Waals surface area (Å²) in [5.41, 5.74) is 1.99. The third-order valence-corrected chi connectivity index (χ3v) is 4.67. The quantitative estimate of drug-likeness (QED) is 0.676. The molecule has 0 spiro atoms. The SMILES string of the molecule is Cn1nnc(-c2ccc(C(=O)N3CCN(c4ncccc4C#N)CC3)cc2)n1. The Morgan fingerprint density at radius 1 is 1.11 bits per heavy atom. The van der Waals surface area contributed by atoms with E-state index < -0.39 is 0 Å². The molecule has 1 amide bonds. The summed E-state index contributed by atoms with van der Waals surface area (Å²) in [5, 5.41) is 21.2. The van der Waals surface area contributed by atoms with Crippen LogP contribution in [0.4, 0.5) is 5.82 Å². The van der Waals surface area contributed by atoms with Gasteiger partial charge in [-0.1, -0.05) is 12.1 Å². The van der Waals surface area contributed by atoms with E-state index in [2.05, 4.69) is 26.5 Å². The van der Waals surface area contributed by atoms with Gasteiger partial charge in [-0.05, 0) is 29.5 Å². The van der Waals surface area contributed by atoms with Gasteiger partial charge in [-0.2, -0.15) is 10.1 Å². The van der Waals surface area contributed by atoms with E-state index in [-0.39, 0.29) is 5.91 Å². The van der Waals surface area contributed by atoms with Gasteiger partial charge in [-0.15, -0.1) is 10.2 Å². The van der Waals surface area contributed by atoms with Crippen LogP contribution in [-0.2, 0) is 7.05 Å². The molecule has 0 aliphatic carbocycles. The first kappa shape index (κ1) is 17.6. The lowest BCUT2D eigenvalue weighted by molar-refractivity contribution is 0.0746. The molecular weight excluding hydrogens is 356 g/mol. The number of rotatable bonds is 3. The van der Waals surface area contributed by atoms with Crippen LogP contribution in [-0.4, -0.2) is 62.2 Å². The van der Waals surface area contributed by atoms with Crippen molar-refractivity contribution in [2.24, 2.45) is 7.05 Å². The Kier molecular flexibility index (Phi) is 4.68. The van der Waals surface area contributed by atoms with E-state index in [4.69, 9.17) is 0 Å². The average molecular weight is 374 g/mol. The number of benzene rings is 1. The van der Waals surface area contributed by atoms with Crippen molar-refractivity contribution in [3.8, 4) is 17.5 Å². The van der Waals surface area contributed by atoms with Crippen LogP contribution in [0.1, 0.15) is 15.9 Å². The minimum atomic E-state index is -0.0140. The highest BCUT2D eigenvalue weighted by Gasteiger charge is 2.24. The van der Waals surface area contributed by atoms with Gasteiger partial charge in [0, 0.05) is 43.5 Å². The fraction of sp³-hybridized carbons (Fsp3) is 0.263. The van der Waals surface area contributed by atoms with Crippen LogP contribution in [0.25, 0.3) is 11.4 Å². The van der Waals surface area contributed by atoms with Gasteiger partial charge >= 0.3 is 0 Å². The second-order valence-electron chi connectivity index (χ2n) is 6.45. The summed E-state index contributed by atoms with van der Waals surface area (Å²) in [6, 6.07) is 12.9. The normalized spacial score (nSPS) is 14.0. The molecule has 3 heterocycles. The molecule has 1 fully saturated rings. The van der Waals surface area contributed by atoms with Crippen molar-refractivity contribution >= 4 is 11.7 Å². The van der Waals surface area contributed by atoms with Gasteiger partial charge in [0.15, 0.2) is 0 Å². The Morgan fingerprint density at radius 2 is 1.86 bits per heavy atom. The lowest BCUT2D eigenvalue weighted by atomic mass is 10.1. The zero-order valence-electron chi connectivity index (χ0n) is 15.4. The number of pyridine rings is 1. The van der Waals surface area contributed by atoms with Gasteiger partial charge in [0.1, 0.15) is 11.9 Å². The molecule has 0 radical (unpaired) electrons. The monoisotopic (exact) mass is 374 g/mol. The highest BCUT2D eigenvalue weighted by Crippen LogP contribution is 2.20. The molecule has 2 aromatic heterocycles. The van der Waals surface area contributed by atoms with Crippen molar-refractivity contribution in [3.05, 3.63) is 53.7 Å². The maximum absolute atomic E-state index is 12.8. The van der Waals surface area contributed by atoms with Crippen molar-refractivity contribution in [3.63, 3.8) is 0 Å². The molecular formula is C19H18N8O. The number of amides is 1. The summed E-state index contributed by atoms with van der Waals surface area (Å²) in [5.74, 6) is 1.19. The van der Waals surface area contributed by atoms with Gasteiger partial charge in [-0.25, -0.2) is 4.98 Å². The molecule has 0 atom stereocenters. The summed E-state index contributed by atoms with van der Waals surface area (Å²) < 4.78 is 0. The van der Waals surface area contributed by atoms with Crippen LogP contribution < -0.4 is 4.90 Å². The average Bonchev–Trinajstić information content (AvgIpc) is 3.20. The van der Waals surface area contributed by atoms with Crippen molar-refractivity contribution in [2.45, 2.75) is 0 Å². The second-order valence-corrected chi connectivity index (χ2v) is 6.45. The first-order valence-electron chi connectivity index (χ1n) is 8.89. The van der Waals surface area contributed by atoms with Crippen LogP contribution in [0.15, 0.2) is 42.6 Å². The second kappa shape index (κ2) is 7.44. The largest absolute Gasteiger partial charge is 0.352 e. The van der Waals surface area contributed by atoms with Crippen LogP contribution in [0.5, 0.6) is 0 Å². The number of piperazine rings is 1. The Bertz CT molecular complexity index is 1030. The van der Waals surface area contributed by atoms with E-state index in [0.717, 1.165) is 5.56 Å². The van der Waals surface area contributed by atoms with Crippen molar-refractivity contribution in [2.75, 3.05) is 31.1 Å². The minimum absolute atomic E-state index is 0.0140. The van der Waals surface area contributed by atoms with Gasteiger partial charge in [0.25, 0.3) is 5.91 Å². The van der Waals surface area contributed by atoms with Crippen molar-refractivity contribution in [1.82, 2.24) is 30.1 Å². The van der Waals surface area contributed by atoms with Crippen LogP contribution >= 0.6 is 0 Å². The predicted molar refractivity (Wildman–Crippen MR) is 101 cm³/mol. The molecule has 4 rings (SSSR count). The molecule has 3 aromatic rings. The van der Waals surface area contributed by atoms with Crippen LogP contribution in [0.2, 0.25) is 0 Å². The van der Waals surface area contributed by atoms with E-state index >= 15 is 0 Å². The molecule has 9 heteroatoms. The number of tetrazole rings is 1. The van der Waals surface area contributed by atoms with Gasteiger partial charge < -0.3 is 9.80 Å². The number of aromatic nitrogens is 5. The molecule has 0 unspecified atom stereocenters. The number of hydrogen-bond donors (Lipinski definition) is 0. The summed E-state index contributed by atoms with van der Waals surface area (Å²) in [7, 11) is 1.71. The lowest BCUT2D eigenvalue weighted by Gasteiger charge is -2.35. The standard InChI is InChI=1S/C19H18N8O/c1-25-23-17(22-24-25)14-4-6-15(7-5-14)19(28)27-11-9-26(10-12-27)18-16(13-20)3-2-8-21-18/h2-8H,9-12H2,1H3. The topological polar surface area (TPSA) is 104 Å². The lowest BCUT2D eigenvalue weighted by Crippen LogP contribution is -2.49. The third-order valence-electron chi connectivity index (χ3n) is 4.67. The smallest absolute Gasteiger partial charge is 0.253 e. The summed E-state index contributed by atoms with van der Waals surface area (Å²) in [6.45, 7) is 2.43. The number of nitriles is 1. The Balaban J connectivity index is 1.42. The molecule has 0 bridgehead atoms. The molecule has 0 N–H and O–H groups in total. The molecule has 0 saturated carbocycles. The highest BCUT2D eigenvalue weighted by atomic mass is 16.2.